The maximum Gasteiger partial charge on any atom is 0.143 e. The van der Waals surface area contributed by atoms with Crippen molar-refractivity contribution in [2.24, 2.45) is 7.05 Å². The van der Waals surface area contributed by atoms with Crippen molar-refractivity contribution < 1.29 is 4.39 Å². The molecule has 0 radical (unpaired) electrons. The number of aromatic nitrogens is 2. The molecule has 0 amide bonds. The molecule has 90 valence electrons. The highest BCUT2D eigenvalue weighted by atomic mass is 35.5. The molecule has 0 aliphatic carbocycles. The second kappa shape index (κ2) is 4.75. The van der Waals surface area contributed by atoms with Crippen LogP contribution in [0.4, 0.5) is 10.1 Å². The third kappa shape index (κ3) is 2.77. The van der Waals surface area contributed by atoms with Crippen LogP contribution in [0.1, 0.15) is 11.3 Å². The maximum atomic E-state index is 13.2. The van der Waals surface area contributed by atoms with Crippen LogP contribution >= 0.6 is 11.6 Å². The molecule has 0 unspecified atom stereocenters. The van der Waals surface area contributed by atoms with Crippen molar-refractivity contribution in [1.82, 2.24) is 9.78 Å². The number of aryl methyl sites for hydroxylation is 2. The van der Waals surface area contributed by atoms with Crippen LogP contribution in [0.25, 0.3) is 0 Å². The Balaban J connectivity index is 2.07. The van der Waals surface area contributed by atoms with Gasteiger partial charge < -0.3 is 5.32 Å². The molecule has 1 N–H and O–H groups in total. The Labute approximate surface area is 104 Å². The highest BCUT2D eigenvalue weighted by Crippen LogP contribution is 2.19. The van der Waals surface area contributed by atoms with E-state index in [2.05, 4.69) is 10.4 Å². The zero-order valence-electron chi connectivity index (χ0n) is 9.67. The smallest absolute Gasteiger partial charge is 0.143 e. The van der Waals surface area contributed by atoms with Gasteiger partial charge in [-0.05, 0) is 25.1 Å². The molecule has 0 saturated heterocycles. The van der Waals surface area contributed by atoms with Gasteiger partial charge in [0.15, 0.2) is 0 Å². The van der Waals surface area contributed by atoms with Gasteiger partial charge in [-0.3, -0.25) is 4.68 Å². The number of benzene rings is 1. The summed E-state index contributed by atoms with van der Waals surface area (Å²) in [6.07, 6.45) is 1.94. The Hall–Kier alpha value is -1.55. The summed E-state index contributed by atoms with van der Waals surface area (Å²) in [5.74, 6) is -0.417. The lowest BCUT2D eigenvalue weighted by molar-refractivity contribution is 0.628. The fourth-order valence-electron chi connectivity index (χ4n) is 1.63. The van der Waals surface area contributed by atoms with E-state index in [9.17, 15) is 4.39 Å². The van der Waals surface area contributed by atoms with Gasteiger partial charge >= 0.3 is 0 Å². The summed E-state index contributed by atoms with van der Waals surface area (Å²) in [6, 6.07) is 4.67. The van der Waals surface area contributed by atoms with E-state index in [-0.39, 0.29) is 5.02 Å². The van der Waals surface area contributed by atoms with Crippen LogP contribution in [0.15, 0.2) is 24.4 Å². The van der Waals surface area contributed by atoms with Crippen LogP contribution in [0.3, 0.4) is 0 Å². The second-order valence-corrected chi connectivity index (χ2v) is 4.30. The van der Waals surface area contributed by atoms with Gasteiger partial charge in [-0.1, -0.05) is 11.6 Å². The highest BCUT2D eigenvalue weighted by Gasteiger charge is 2.04. The van der Waals surface area contributed by atoms with Gasteiger partial charge in [-0.15, -0.1) is 0 Å². The Morgan fingerprint density at radius 2 is 2.24 bits per heavy atom. The van der Waals surface area contributed by atoms with Crippen molar-refractivity contribution in [1.29, 1.82) is 0 Å². The molecule has 3 nitrogen and oxygen atoms in total. The topological polar surface area (TPSA) is 29.9 Å². The van der Waals surface area contributed by atoms with Crippen molar-refractivity contribution in [3.05, 3.63) is 46.5 Å². The Kier molecular flexibility index (Phi) is 3.33. The van der Waals surface area contributed by atoms with E-state index in [4.69, 9.17) is 11.6 Å². The molecule has 0 fully saturated rings. The molecular weight excluding hydrogens is 241 g/mol. The van der Waals surface area contributed by atoms with Crippen molar-refractivity contribution in [2.45, 2.75) is 13.5 Å². The van der Waals surface area contributed by atoms with E-state index in [0.29, 0.717) is 12.2 Å². The van der Waals surface area contributed by atoms with E-state index < -0.39 is 5.82 Å². The molecule has 0 saturated carbocycles. The first-order valence-corrected chi connectivity index (χ1v) is 5.62. The number of nitrogens with zero attached hydrogens (tertiary/aromatic N) is 2. The molecule has 0 aliphatic rings. The van der Waals surface area contributed by atoms with E-state index in [1.165, 1.54) is 12.1 Å². The molecule has 1 aromatic carbocycles. The molecule has 2 aromatic rings. The van der Waals surface area contributed by atoms with E-state index in [1.54, 1.807) is 10.7 Å². The largest absolute Gasteiger partial charge is 0.381 e. The first-order valence-electron chi connectivity index (χ1n) is 5.24. The number of halogens is 2. The minimum absolute atomic E-state index is 0.133. The molecule has 0 aliphatic heterocycles. The first kappa shape index (κ1) is 11.9. The summed E-state index contributed by atoms with van der Waals surface area (Å²) in [6.45, 7) is 2.56. The summed E-state index contributed by atoms with van der Waals surface area (Å²) in [7, 11) is 1.87. The van der Waals surface area contributed by atoms with Gasteiger partial charge in [0.2, 0.25) is 0 Å². The van der Waals surface area contributed by atoms with E-state index in [1.807, 2.05) is 20.2 Å². The predicted molar refractivity (Wildman–Crippen MR) is 66.7 cm³/mol. The number of rotatable bonds is 3. The predicted octanol–water partition coefficient (Wildman–Crippen LogP) is 3.13. The minimum atomic E-state index is -0.417. The van der Waals surface area contributed by atoms with Gasteiger partial charge in [0.05, 0.1) is 10.7 Å². The minimum Gasteiger partial charge on any atom is -0.381 e. The van der Waals surface area contributed by atoms with Crippen LogP contribution in [0, 0.1) is 12.7 Å². The number of anilines is 1. The van der Waals surface area contributed by atoms with Crippen LogP contribution < -0.4 is 5.32 Å². The summed E-state index contributed by atoms with van der Waals surface area (Å²) in [5, 5.41) is 7.50. The first-order chi connectivity index (χ1) is 8.06. The standard InChI is InChI=1S/C12H13ClFN3/c1-8-9(7-17(2)16-8)6-15-10-3-4-11(13)12(14)5-10/h3-5,7,15H,6H2,1-2H3. The van der Waals surface area contributed by atoms with Crippen LogP contribution in [0.2, 0.25) is 5.02 Å². The fraction of sp³-hybridized carbons (Fsp3) is 0.250. The highest BCUT2D eigenvalue weighted by molar-refractivity contribution is 6.30. The number of nitrogens with one attached hydrogen (secondary N) is 1. The van der Waals surface area contributed by atoms with E-state index in [0.717, 1.165) is 11.3 Å². The SMILES string of the molecule is Cc1nn(C)cc1CNc1ccc(Cl)c(F)c1. The summed E-state index contributed by atoms with van der Waals surface area (Å²) in [4.78, 5) is 0. The maximum absolute atomic E-state index is 13.2. The normalized spacial score (nSPS) is 10.6. The Morgan fingerprint density at radius 1 is 1.47 bits per heavy atom. The van der Waals surface area contributed by atoms with Crippen LogP contribution in [0.5, 0.6) is 0 Å². The molecule has 0 spiro atoms. The average molecular weight is 254 g/mol. The third-order valence-corrected chi connectivity index (χ3v) is 2.82. The van der Waals surface area contributed by atoms with Crippen molar-refractivity contribution in [3.63, 3.8) is 0 Å². The molecular formula is C12H13ClFN3. The quantitative estimate of drug-likeness (QED) is 0.911. The lowest BCUT2D eigenvalue weighted by Crippen LogP contribution is -2.00. The average Bonchev–Trinajstić information content (AvgIpc) is 2.59. The van der Waals surface area contributed by atoms with Crippen molar-refractivity contribution >= 4 is 17.3 Å². The Morgan fingerprint density at radius 3 is 2.82 bits per heavy atom. The Bertz CT molecular complexity index is 537. The third-order valence-electron chi connectivity index (χ3n) is 2.52. The van der Waals surface area contributed by atoms with Gasteiger partial charge in [0, 0.05) is 31.0 Å². The monoisotopic (exact) mass is 253 g/mol. The molecule has 2 rings (SSSR count). The molecule has 0 atom stereocenters. The lowest BCUT2D eigenvalue weighted by atomic mass is 10.2. The van der Waals surface area contributed by atoms with Crippen LogP contribution in [-0.4, -0.2) is 9.78 Å². The second-order valence-electron chi connectivity index (χ2n) is 3.90. The summed E-state index contributed by atoms with van der Waals surface area (Å²) >= 11 is 5.61. The zero-order chi connectivity index (χ0) is 12.4. The molecule has 1 aromatic heterocycles. The van der Waals surface area contributed by atoms with Gasteiger partial charge in [-0.2, -0.15) is 5.10 Å². The van der Waals surface area contributed by atoms with Gasteiger partial charge in [0.25, 0.3) is 0 Å². The number of hydrogen-bond donors (Lipinski definition) is 1. The van der Waals surface area contributed by atoms with Gasteiger partial charge in [-0.25, -0.2) is 4.39 Å². The van der Waals surface area contributed by atoms with E-state index >= 15 is 0 Å². The molecule has 17 heavy (non-hydrogen) atoms. The van der Waals surface area contributed by atoms with Gasteiger partial charge in [0.1, 0.15) is 5.82 Å². The summed E-state index contributed by atoms with van der Waals surface area (Å²) < 4.78 is 15.0. The number of hydrogen-bond acceptors (Lipinski definition) is 2. The van der Waals surface area contributed by atoms with Crippen molar-refractivity contribution in [2.75, 3.05) is 5.32 Å². The van der Waals surface area contributed by atoms with Crippen molar-refractivity contribution in [3.8, 4) is 0 Å². The van der Waals surface area contributed by atoms with Crippen LogP contribution in [-0.2, 0) is 13.6 Å². The fourth-order valence-corrected chi connectivity index (χ4v) is 1.74. The molecule has 0 bridgehead atoms. The summed E-state index contributed by atoms with van der Waals surface area (Å²) in [5.41, 5.74) is 2.76. The lowest BCUT2D eigenvalue weighted by Gasteiger charge is -2.06. The molecule has 5 heteroatoms. The zero-order valence-corrected chi connectivity index (χ0v) is 10.4. The molecule has 1 heterocycles.